The molecule has 1 aliphatic heterocycles. The number of aliphatic hydroxyl groups is 4. The molecular formula is C41H78O10. The molecule has 6 atom stereocenters. The van der Waals surface area contributed by atoms with Gasteiger partial charge in [0.2, 0.25) is 0 Å². The van der Waals surface area contributed by atoms with Gasteiger partial charge in [-0.25, -0.2) is 0 Å². The minimum absolute atomic E-state index is 0.210. The van der Waals surface area contributed by atoms with Crippen LogP contribution < -0.4 is 0 Å². The molecule has 1 aliphatic rings. The molecule has 10 heteroatoms. The van der Waals surface area contributed by atoms with E-state index in [-0.39, 0.29) is 32.0 Å². The van der Waals surface area contributed by atoms with Gasteiger partial charge in [0.15, 0.2) is 12.4 Å². The Morgan fingerprint density at radius 1 is 0.529 bits per heavy atom. The minimum atomic E-state index is -1.59. The Balaban J connectivity index is 2.33. The summed E-state index contributed by atoms with van der Waals surface area (Å²) < 4.78 is 22.1. The van der Waals surface area contributed by atoms with Crippen molar-refractivity contribution in [2.75, 3.05) is 19.8 Å². The molecule has 0 aromatic heterocycles. The maximum Gasteiger partial charge on any atom is 0.306 e. The maximum absolute atomic E-state index is 12.7. The molecule has 0 amide bonds. The molecule has 0 aromatic carbocycles. The summed E-state index contributed by atoms with van der Waals surface area (Å²) in [7, 11) is 0. The van der Waals surface area contributed by atoms with Crippen molar-refractivity contribution >= 4 is 11.9 Å². The van der Waals surface area contributed by atoms with Gasteiger partial charge in [-0.2, -0.15) is 0 Å². The van der Waals surface area contributed by atoms with E-state index < -0.39 is 49.4 Å². The second-order valence-electron chi connectivity index (χ2n) is 14.8. The van der Waals surface area contributed by atoms with Crippen LogP contribution in [0.15, 0.2) is 0 Å². The average Bonchev–Trinajstić information content (AvgIpc) is 3.13. The zero-order valence-electron chi connectivity index (χ0n) is 32.6. The number of carbonyl (C=O) groups is 2. The highest BCUT2D eigenvalue weighted by Gasteiger charge is 2.44. The second-order valence-corrected chi connectivity index (χ2v) is 14.8. The number of carbonyl (C=O) groups excluding carboxylic acids is 2. The molecule has 1 fully saturated rings. The van der Waals surface area contributed by atoms with Gasteiger partial charge < -0.3 is 39.4 Å². The Morgan fingerprint density at radius 3 is 1.33 bits per heavy atom. The van der Waals surface area contributed by atoms with Gasteiger partial charge in [-0.3, -0.25) is 9.59 Å². The lowest BCUT2D eigenvalue weighted by atomic mass is 9.99. The standard InChI is InChI=1S/C41H78O10/c1-3-5-7-9-11-13-15-16-17-18-19-20-22-24-26-28-30-37(44)50-34(33-49-41-40(47)39(46)38(45)35(31-42)51-41)32-48-36(43)29-27-25-23-21-14-12-10-8-6-4-2/h34-35,38-42,45-47H,3-33H2,1-2H3. The highest BCUT2D eigenvalue weighted by atomic mass is 16.7. The van der Waals surface area contributed by atoms with Crippen LogP contribution in [0.5, 0.6) is 0 Å². The smallest absolute Gasteiger partial charge is 0.306 e. The molecule has 4 N–H and O–H groups in total. The fraction of sp³-hybridized carbons (Fsp3) is 0.951. The third-order valence-electron chi connectivity index (χ3n) is 9.99. The van der Waals surface area contributed by atoms with E-state index in [0.717, 1.165) is 38.5 Å². The van der Waals surface area contributed by atoms with Gasteiger partial charge >= 0.3 is 11.9 Å². The van der Waals surface area contributed by atoms with E-state index in [9.17, 15) is 30.0 Å². The number of unbranched alkanes of at least 4 members (excludes halogenated alkanes) is 24. The quantitative estimate of drug-likeness (QED) is 0.0371. The van der Waals surface area contributed by atoms with Crippen molar-refractivity contribution in [3.8, 4) is 0 Å². The average molecular weight is 731 g/mol. The van der Waals surface area contributed by atoms with Gasteiger partial charge in [0, 0.05) is 12.8 Å². The summed E-state index contributed by atoms with van der Waals surface area (Å²) in [6.45, 7) is 3.42. The van der Waals surface area contributed by atoms with Crippen molar-refractivity contribution in [2.45, 2.75) is 230 Å². The Kier molecular flexibility index (Phi) is 31.1. The molecule has 51 heavy (non-hydrogen) atoms. The SMILES string of the molecule is CCCCCCCCCCCCCCCCCCC(=O)OC(COC(=O)CCCCCCCCCCCC)COC1OC(CO)C(O)C(O)C1O. The lowest BCUT2D eigenvalue weighted by Gasteiger charge is -2.39. The normalized spacial score (nSPS) is 21.1. The third kappa shape index (κ3) is 25.4. The first-order valence-electron chi connectivity index (χ1n) is 21.1. The van der Waals surface area contributed by atoms with E-state index in [4.69, 9.17) is 18.9 Å². The van der Waals surface area contributed by atoms with E-state index >= 15 is 0 Å². The molecule has 6 unspecified atom stereocenters. The third-order valence-corrected chi connectivity index (χ3v) is 9.99. The van der Waals surface area contributed by atoms with Crippen LogP contribution in [0, 0.1) is 0 Å². The van der Waals surface area contributed by atoms with Crippen molar-refractivity contribution in [3.63, 3.8) is 0 Å². The summed E-state index contributed by atoms with van der Waals surface area (Å²) >= 11 is 0. The highest BCUT2D eigenvalue weighted by Crippen LogP contribution is 2.23. The van der Waals surface area contributed by atoms with Gasteiger partial charge in [-0.05, 0) is 12.8 Å². The molecule has 302 valence electrons. The van der Waals surface area contributed by atoms with E-state index in [2.05, 4.69) is 13.8 Å². The van der Waals surface area contributed by atoms with Gasteiger partial charge in [-0.1, -0.05) is 168 Å². The van der Waals surface area contributed by atoms with Crippen molar-refractivity contribution < 1.29 is 49.0 Å². The first kappa shape index (κ1) is 47.7. The molecule has 0 bridgehead atoms. The fourth-order valence-electron chi connectivity index (χ4n) is 6.60. The molecule has 1 rings (SSSR count). The maximum atomic E-state index is 12.7. The topological polar surface area (TPSA) is 152 Å². The monoisotopic (exact) mass is 731 g/mol. The predicted octanol–water partition coefficient (Wildman–Crippen LogP) is 8.22. The van der Waals surface area contributed by atoms with Crippen LogP contribution in [0.1, 0.15) is 194 Å². The van der Waals surface area contributed by atoms with Crippen LogP contribution in [0.2, 0.25) is 0 Å². The number of ether oxygens (including phenoxy) is 4. The number of esters is 2. The van der Waals surface area contributed by atoms with E-state index in [1.165, 1.54) is 122 Å². The first-order chi connectivity index (χ1) is 24.8. The Morgan fingerprint density at radius 2 is 0.922 bits per heavy atom. The molecule has 0 aromatic rings. The van der Waals surface area contributed by atoms with Crippen LogP contribution in [-0.2, 0) is 28.5 Å². The molecule has 1 heterocycles. The van der Waals surface area contributed by atoms with Crippen LogP contribution >= 0.6 is 0 Å². The van der Waals surface area contributed by atoms with E-state index in [1.54, 1.807) is 0 Å². The minimum Gasteiger partial charge on any atom is -0.462 e. The van der Waals surface area contributed by atoms with E-state index in [1.807, 2.05) is 0 Å². The Bertz CT molecular complexity index is 809. The van der Waals surface area contributed by atoms with Gasteiger partial charge in [0.05, 0.1) is 13.2 Å². The largest absolute Gasteiger partial charge is 0.462 e. The fourth-order valence-corrected chi connectivity index (χ4v) is 6.60. The van der Waals surface area contributed by atoms with Crippen molar-refractivity contribution in [1.29, 1.82) is 0 Å². The number of hydrogen-bond acceptors (Lipinski definition) is 10. The summed E-state index contributed by atoms with van der Waals surface area (Å²) in [6, 6.07) is 0. The molecule has 10 nitrogen and oxygen atoms in total. The summed E-state index contributed by atoms with van der Waals surface area (Å²) in [6.07, 6.45) is 24.0. The van der Waals surface area contributed by atoms with Gasteiger partial charge in [-0.15, -0.1) is 0 Å². The number of aliphatic hydroxyl groups excluding tert-OH is 4. The van der Waals surface area contributed by atoms with Crippen molar-refractivity contribution in [3.05, 3.63) is 0 Å². The zero-order chi connectivity index (χ0) is 37.4. The summed E-state index contributed by atoms with van der Waals surface area (Å²) in [5, 5.41) is 39.9. The summed E-state index contributed by atoms with van der Waals surface area (Å²) in [4.78, 5) is 25.2. The van der Waals surface area contributed by atoms with E-state index in [0.29, 0.717) is 6.42 Å². The molecule has 0 spiro atoms. The van der Waals surface area contributed by atoms with Crippen LogP contribution in [0.4, 0.5) is 0 Å². The lowest BCUT2D eigenvalue weighted by molar-refractivity contribution is -0.305. The summed E-state index contributed by atoms with van der Waals surface area (Å²) in [5.41, 5.74) is 0. The highest BCUT2D eigenvalue weighted by molar-refractivity contribution is 5.70. The zero-order valence-corrected chi connectivity index (χ0v) is 32.6. The number of hydrogen-bond donors (Lipinski definition) is 4. The summed E-state index contributed by atoms with van der Waals surface area (Å²) in [5.74, 6) is -0.797. The van der Waals surface area contributed by atoms with Gasteiger partial charge in [0.1, 0.15) is 31.0 Å². The van der Waals surface area contributed by atoms with Crippen LogP contribution in [0.25, 0.3) is 0 Å². The van der Waals surface area contributed by atoms with Crippen molar-refractivity contribution in [1.82, 2.24) is 0 Å². The second kappa shape index (κ2) is 33.3. The Hall–Kier alpha value is -1.30. The molecule has 0 aliphatic carbocycles. The van der Waals surface area contributed by atoms with Gasteiger partial charge in [0.25, 0.3) is 0 Å². The first-order valence-corrected chi connectivity index (χ1v) is 21.1. The molecule has 1 saturated heterocycles. The molecule has 0 radical (unpaired) electrons. The van der Waals surface area contributed by atoms with Crippen molar-refractivity contribution in [2.24, 2.45) is 0 Å². The van der Waals surface area contributed by atoms with Crippen LogP contribution in [-0.4, -0.2) is 89.0 Å². The Labute approximate surface area is 310 Å². The predicted molar refractivity (Wildman–Crippen MR) is 201 cm³/mol. The molecular weight excluding hydrogens is 652 g/mol. The van der Waals surface area contributed by atoms with Crippen LogP contribution in [0.3, 0.4) is 0 Å². The number of rotatable bonds is 35. The lowest BCUT2D eigenvalue weighted by Crippen LogP contribution is -2.59. The molecule has 0 saturated carbocycles.